The fraction of sp³-hybridized carbons (Fsp3) is 0.396. The van der Waals surface area contributed by atoms with Gasteiger partial charge in [0, 0.05) is 71.8 Å². The van der Waals surface area contributed by atoms with Crippen molar-refractivity contribution in [2.75, 3.05) is 77.1 Å². The molecule has 7 rings (SSSR count). The van der Waals surface area contributed by atoms with E-state index < -0.39 is 105 Å². The summed E-state index contributed by atoms with van der Waals surface area (Å²) in [5.74, 6) is -2.67. The molecule has 1 atom stereocenters. The van der Waals surface area contributed by atoms with E-state index in [1.54, 1.807) is 75.4 Å². The van der Waals surface area contributed by atoms with Crippen LogP contribution in [0.4, 0.5) is 11.4 Å². The number of carbonyl (C=O) groups is 3. The predicted octanol–water partition coefficient (Wildman–Crippen LogP) is 5.05. The minimum atomic E-state index is -5.09. The Kier molecular flexibility index (Phi) is 20.1. The number of methoxy groups -OCH3 is 1. The van der Waals surface area contributed by atoms with Crippen molar-refractivity contribution in [3.63, 3.8) is 0 Å². The van der Waals surface area contributed by atoms with E-state index in [-0.39, 0.29) is 113 Å². The number of hydrogen-bond acceptors (Lipinski definition) is 19. The first-order chi connectivity index (χ1) is 39.2. The standard InChI is InChI=1S/C53H61N3O23S5/c1-52(2)45(11-8-6-5-7-9-12-46-53(3,20-10-30-80(60,61)62)51-40-32-36(82(66,67)68)34-44(84(72,73)74)38(40)14-16-42(51)55(46)21-24-75-4)54(41-15-13-37-39(50(41)52)31-35(81(63,64)65)33-43(37)83(69,70)71)22-25-77-27-29-78-28-26-76-23-19-49(59)79-56-47(57)17-18-48(56)58/h5-9,11-16,31-34H,10,17-30H2,1-4H3,(H4-,60,61,62,63,64,65,66,67,68,69,70,71,72,73,74)/p+1. The van der Waals surface area contributed by atoms with E-state index in [0.717, 1.165) is 12.1 Å². The van der Waals surface area contributed by atoms with Crippen molar-refractivity contribution in [2.24, 2.45) is 0 Å². The van der Waals surface area contributed by atoms with Crippen LogP contribution in [-0.4, -0.2) is 170 Å². The molecule has 0 aromatic heterocycles. The van der Waals surface area contributed by atoms with E-state index in [4.69, 9.17) is 23.8 Å². The molecule has 0 spiro atoms. The van der Waals surface area contributed by atoms with Crippen molar-refractivity contribution >= 4 is 107 Å². The van der Waals surface area contributed by atoms with Crippen LogP contribution >= 0.6 is 0 Å². The Morgan fingerprint density at radius 2 is 1.15 bits per heavy atom. The number of imide groups is 1. The maximum Gasteiger partial charge on any atom is 0.335 e. The molecule has 0 aliphatic carbocycles. The number of carbonyl (C=O) groups excluding carboxylic acids is 3. The van der Waals surface area contributed by atoms with Gasteiger partial charge in [-0.2, -0.15) is 46.7 Å². The second-order valence-corrected chi connectivity index (χ2v) is 27.4. The average molecular weight is 1270 g/mol. The number of hydroxylamine groups is 2. The summed E-state index contributed by atoms with van der Waals surface area (Å²) in [6.07, 6.45) is 11.4. The van der Waals surface area contributed by atoms with Gasteiger partial charge in [0.1, 0.15) is 16.4 Å². The number of benzene rings is 4. The second-order valence-electron chi connectivity index (χ2n) is 20.2. The Labute approximate surface area is 485 Å². The van der Waals surface area contributed by atoms with Crippen molar-refractivity contribution in [3.05, 3.63) is 108 Å². The number of anilines is 1. The molecule has 456 valence electrons. The van der Waals surface area contributed by atoms with Crippen molar-refractivity contribution < 1.29 is 108 Å². The van der Waals surface area contributed by atoms with Gasteiger partial charge >= 0.3 is 5.97 Å². The Balaban J connectivity index is 1.16. The summed E-state index contributed by atoms with van der Waals surface area (Å²) in [6.45, 7) is 6.36. The second kappa shape index (κ2) is 25.8. The molecule has 3 heterocycles. The van der Waals surface area contributed by atoms with Crippen LogP contribution in [0.2, 0.25) is 0 Å². The Hall–Kier alpha value is -6.17. The molecule has 0 bridgehead atoms. The summed E-state index contributed by atoms with van der Waals surface area (Å²) < 4.78 is 199. The third-order valence-electron chi connectivity index (χ3n) is 14.2. The molecule has 84 heavy (non-hydrogen) atoms. The van der Waals surface area contributed by atoms with Crippen LogP contribution in [0.15, 0.2) is 116 Å². The summed E-state index contributed by atoms with van der Waals surface area (Å²) in [7, 11) is -23.2. The first-order valence-corrected chi connectivity index (χ1v) is 33.1. The smallest absolute Gasteiger partial charge is 0.335 e. The molecule has 26 nitrogen and oxygen atoms in total. The number of allylic oxidation sites excluding steroid dienone is 8. The van der Waals surface area contributed by atoms with Crippen molar-refractivity contribution in [1.82, 2.24) is 5.06 Å². The summed E-state index contributed by atoms with van der Waals surface area (Å²) in [5.41, 5.74) is 0.563. The topological polar surface area (TPSA) is 379 Å². The molecule has 2 amide bonds. The molecule has 3 aliphatic heterocycles. The molecule has 1 saturated heterocycles. The van der Waals surface area contributed by atoms with Crippen LogP contribution in [0.1, 0.15) is 64.0 Å². The minimum absolute atomic E-state index is 0.00773. The maximum atomic E-state index is 12.7. The minimum Gasteiger partial charge on any atom is -0.383 e. The summed E-state index contributed by atoms with van der Waals surface area (Å²) in [6, 6.07) is 9.42. The van der Waals surface area contributed by atoms with Crippen molar-refractivity contribution in [1.29, 1.82) is 0 Å². The van der Waals surface area contributed by atoms with Gasteiger partial charge < -0.3 is 28.7 Å². The molecule has 1 fully saturated rings. The molecule has 4 aromatic carbocycles. The van der Waals surface area contributed by atoms with Gasteiger partial charge in [-0.25, -0.2) is 4.79 Å². The summed E-state index contributed by atoms with van der Waals surface area (Å²) in [5, 5.41) is 0.448. The number of fused-ring (bicyclic) bond motifs is 6. The third kappa shape index (κ3) is 14.9. The predicted molar refractivity (Wildman–Crippen MR) is 302 cm³/mol. The van der Waals surface area contributed by atoms with Crippen LogP contribution in [0.3, 0.4) is 0 Å². The van der Waals surface area contributed by atoms with E-state index >= 15 is 0 Å². The van der Waals surface area contributed by atoms with E-state index in [2.05, 4.69) is 0 Å². The van der Waals surface area contributed by atoms with Crippen LogP contribution in [-0.2, 0) is 99.6 Å². The zero-order valence-corrected chi connectivity index (χ0v) is 49.8. The highest BCUT2D eigenvalue weighted by atomic mass is 32.2. The van der Waals surface area contributed by atoms with Gasteiger partial charge in [-0.1, -0.05) is 36.4 Å². The fourth-order valence-corrected chi connectivity index (χ4v) is 13.7. The molecular weight excluding hydrogens is 1210 g/mol. The molecule has 0 radical (unpaired) electrons. The molecular formula is C53H62N3O23S5+. The van der Waals surface area contributed by atoms with Gasteiger partial charge in [0.2, 0.25) is 5.69 Å². The highest BCUT2D eigenvalue weighted by Gasteiger charge is 2.47. The van der Waals surface area contributed by atoms with E-state index in [1.807, 2.05) is 9.48 Å². The molecule has 1 unspecified atom stereocenters. The first kappa shape index (κ1) is 65.4. The number of amides is 2. The SMILES string of the molecule is COCCN1/C(=C/C=C/C=C/C=C/C2=[N+](CCOCCOCCOCCC(=O)ON3C(=O)CCC3=O)c3ccc4c(S(=O)(=O)O)cc(S(=O)(=O)O)cc4c3C2(C)C)C(C)(CCCS(=O)(=O)O)c2c1ccc1c(S(=O)(=O)O)cc(S(=O)(=O)O)cc21. The Morgan fingerprint density at radius 1 is 0.631 bits per heavy atom. The van der Waals surface area contributed by atoms with Crippen LogP contribution in [0.5, 0.6) is 0 Å². The molecule has 3 aliphatic rings. The average Bonchev–Trinajstić information content (AvgIpc) is 1.85. The van der Waals surface area contributed by atoms with Crippen LogP contribution in [0.25, 0.3) is 21.5 Å². The van der Waals surface area contributed by atoms with Gasteiger partial charge in [-0.3, -0.25) is 32.4 Å². The van der Waals surface area contributed by atoms with Gasteiger partial charge in [0.25, 0.3) is 62.4 Å². The largest absolute Gasteiger partial charge is 0.383 e. The third-order valence-corrected chi connectivity index (χ3v) is 18.5. The number of ether oxygens (including phenoxy) is 4. The van der Waals surface area contributed by atoms with Crippen LogP contribution in [0, 0.1) is 0 Å². The van der Waals surface area contributed by atoms with Crippen molar-refractivity contribution in [2.45, 2.75) is 83.3 Å². The lowest BCUT2D eigenvalue weighted by atomic mass is 9.75. The lowest BCUT2D eigenvalue weighted by molar-refractivity contribution is -0.442. The van der Waals surface area contributed by atoms with E-state index in [9.17, 15) is 79.2 Å². The van der Waals surface area contributed by atoms with Gasteiger partial charge in [0.05, 0.1) is 67.0 Å². The van der Waals surface area contributed by atoms with Crippen molar-refractivity contribution in [3.8, 4) is 0 Å². The Morgan fingerprint density at radius 3 is 1.70 bits per heavy atom. The lowest BCUT2D eigenvalue weighted by Gasteiger charge is -2.30. The zero-order chi connectivity index (χ0) is 61.8. The molecule has 4 aromatic rings. The van der Waals surface area contributed by atoms with E-state index in [1.165, 1.54) is 19.2 Å². The fourth-order valence-electron chi connectivity index (χ4n) is 10.5. The van der Waals surface area contributed by atoms with E-state index in [0.29, 0.717) is 51.1 Å². The van der Waals surface area contributed by atoms with Gasteiger partial charge in [0.15, 0.2) is 12.3 Å². The maximum absolute atomic E-state index is 12.7. The molecule has 31 heteroatoms. The monoisotopic (exact) mass is 1270 g/mol. The lowest BCUT2D eigenvalue weighted by Crippen LogP contribution is -2.32. The quantitative estimate of drug-likeness (QED) is 0.0163. The van der Waals surface area contributed by atoms with Gasteiger partial charge in [-0.05, 0) is 92.4 Å². The first-order valence-electron chi connectivity index (χ1n) is 25.7. The molecule has 0 saturated carbocycles. The van der Waals surface area contributed by atoms with Gasteiger partial charge in [-0.15, -0.1) is 5.06 Å². The number of rotatable bonds is 28. The van der Waals surface area contributed by atoms with Crippen LogP contribution < -0.4 is 4.90 Å². The zero-order valence-electron chi connectivity index (χ0n) is 45.7. The highest BCUT2D eigenvalue weighted by Crippen LogP contribution is 2.54. The number of hydrogen-bond donors (Lipinski definition) is 5. The molecule has 5 N–H and O–H groups in total. The Bertz CT molecular complexity index is 4030. The highest BCUT2D eigenvalue weighted by molar-refractivity contribution is 7.87. The number of nitrogens with zero attached hydrogens (tertiary/aromatic N) is 3. The summed E-state index contributed by atoms with van der Waals surface area (Å²) >= 11 is 0. The normalized spacial score (nSPS) is 18.3. The summed E-state index contributed by atoms with van der Waals surface area (Å²) in [4.78, 5) is 38.8.